The fourth-order valence-corrected chi connectivity index (χ4v) is 2.41. The van der Waals surface area contributed by atoms with E-state index in [2.05, 4.69) is 4.98 Å². The predicted molar refractivity (Wildman–Crippen MR) is 78.1 cm³/mol. The third-order valence-corrected chi connectivity index (χ3v) is 3.41. The third-order valence-electron chi connectivity index (χ3n) is 3.41. The zero-order chi connectivity index (χ0) is 14.8. The van der Waals surface area contributed by atoms with Crippen molar-refractivity contribution in [2.24, 2.45) is 0 Å². The SMILES string of the molecule is Cc1[nH]c2cc(OCc3ccccc3)ccc2c1C(=O)[O-].[K+]. The molecule has 1 heterocycles. The first-order valence-electron chi connectivity index (χ1n) is 6.65. The van der Waals surface area contributed by atoms with Gasteiger partial charge in [-0.2, -0.15) is 0 Å². The van der Waals surface area contributed by atoms with E-state index in [1.165, 1.54) is 0 Å². The van der Waals surface area contributed by atoms with Crippen LogP contribution in [-0.4, -0.2) is 11.0 Å². The molecule has 4 nitrogen and oxygen atoms in total. The second-order valence-electron chi connectivity index (χ2n) is 4.89. The third kappa shape index (κ3) is 3.61. The molecule has 0 fully saturated rings. The summed E-state index contributed by atoms with van der Waals surface area (Å²) in [6.45, 7) is 2.19. The molecule has 1 N–H and O–H groups in total. The van der Waals surface area contributed by atoms with Crippen LogP contribution in [0.1, 0.15) is 21.6 Å². The van der Waals surface area contributed by atoms with Gasteiger partial charge in [0.15, 0.2) is 0 Å². The Morgan fingerprint density at radius 3 is 2.59 bits per heavy atom. The number of benzene rings is 2. The van der Waals surface area contributed by atoms with Gasteiger partial charge in [0.25, 0.3) is 0 Å². The molecule has 106 valence electrons. The molecule has 5 heteroatoms. The van der Waals surface area contributed by atoms with Crippen LogP contribution in [0.3, 0.4) is 0 Å². The average Bonchev–Trinajstić information content (AvgIpc) is 2.81. The maximum Gasteiger partial charge on any atom is 1.00 e. The van der Waals surface area contributed by atoms with Crippen LogP contribution in [0.5, 0.6) is 5.75 Å². The van der Waals surface area contributed by atoms with Crippen molar-refractivity contribution in [1.82, 2.24) is 4.98 Å². The molecule has 0 saturated carbocycles. The molecule has 0 bridgehead atoms. The number of nitrogens with one attached hydrogen (secondary N) is 1. The summed E-state index contributed by atoms with van der Waals surface area (Å²) in [4.78, 5) is 14.2. The Morgan fingerprint density at radius 2 is 1.91 bits per heavy atom. The van der Waals surface area contributed by atoms with Gasteiger partial charge in [-0.25, -0.2) is 0 Å². The number of carboxylic acid groups (broad SMARTS) is 1. The van der Waals surface area contributed by atoms with Crippen molar-refractivity contribution >= 4 is 16.9 Å². The molecule has 0 radical (unpaired) electrons. The van der Waals surface area contributed by atoms with Gasteiger partial charge >= 0.3 is 51.4 Å². The standard InChI is InChI=1S/C17H15NO3.K/c1-11-16(17(19)20)14-8-7-13(9-15(14)18-11)21-10-12-5-3-2-4-6-12;/h2-9,18H,10H2,1H3,(H,19,20);/q;+1/p-1. The summed E-state index contributed by atoms with van der Waals surface area (Å²) in [5, 5.41) is 11.8. The summed E-state index contributed by atoms with van der Waals surface area (Å²) in [7, 11) is 0. The fourth-order valence-electron chi connectivity index (χ4n) is 2.41. The Bertz CT molecular complexity index is 796. The van der Waals surface area contributed by atoms with E-state index in [1.807, 2.05) is 30.3 Å². The van der Waals surface area contributed by atoms with E-state index in [9.17, 15) is 9.90 Å². The van der Waals surface area contributed by atoms with Gasteiger partial charge in [0.1, 0.15) is 12.4 Å². The maximum atomic E-state index is 11.1. The number of rotatable bonds is 4. The monoisotopic (exact) mass is 319 g/mol. The van der Waals surface area contributed by atoms with Gasteiger partial charge in [-0.3, -0.25) is 0 Å². The number of ether oxygens (including phenoxy) is 1. The second kappa shape index (κ2) is 7.44. The topological polar surface area (TPSA) is 65.2 Å². The molecule has 2 aromatic carbocycles. The molecular weight excluding hydrogens is 305 g/mol. The number of hydrogen-bond acceptors (Lipinski definition) is 3. The molecule has 3 aromatic rings. The second-order valence-corrected chi connectivity index (χ2v) is 4.89. The first kappa shape index (κ1) is 17.2. The molecule has 0 amide bonds. The summed E-state index contributed by atoms with van der Waals surface area (Å²) in [5.74, 6) is -0.478. The average molecular weight is 319 g/mol. The van der Waals surface area contributed by atoms with Gasteiger partial charge < -0.3 is 19.6 Å². The van der Waals surface area contributed by atoms with Crippen LogP contribution in [0, 0.1) is 6.92 Å². The van der Waals surface area contributed by atoms with Gasteiger partial charge in [-0.1, -0.05) is 30.3 Å². The Balaban J connectivity index is 0.00000176. The molecule has 1 aromatic heterocycles. The number of carbonyl (C=O) groups is 1. The van der Waals surface area contributed by atoms with Gasteiger partial charge in [0, 0.05) is 28.2 Å². The molecule has 0 aliphatic carbocycles. The summed E-state index contributed by atoms with van der Waals surface area (Å²) in [6, 6.07) is 15.2. The number of H-pyrrole nitrogens is 1. The van der Waals surface area contributed by atoms with E-state index in [4.69, 9.17) is 4.74 Å². The number of hydrogen-bond donors (Lipinski definition) is 1. The van der Waals surface area contributed by atoms with Crippen LogP contribution in [0.4, 0.5) is 0 Å². The van der Waals surface area contributed by atoms with Crippen molar-refractivity contribution in [2.75, 3.05) is 0 Å². The Labute approximate surface area is 170 Å². The van der Waals surface area contributed by atoms with Gasteiger partial charge in [-0.15, -0.1) is 0 Å². The van der Waals surface area contributed by atoms with Crippen molar-refractivity contribution in [3.63, 3.8) is 0 Å². The minimum Gasteiger partial charge on any atom is -0.545 e. The number of fused-ring (bicyclic) bond motifs is 1. The van der Waals surface area contributed by atoms with Crippen molar-refractivity contribution in [3.05, 3.63) is 65.4 Å². The number of aromatic carboxylic acids is 1. The molecule has 0 unspecified atom stereocenters. The smallest absolute Gasteiger partial charge is 0.545 e. The Kier molecular flexibility index (Phi) is 5.83. The van der Waals surface area contributed by atoms with E-state index in [0.717, 1.165) is 11.1 Å². The van der Waals surface area contributed by atoms with E-state index in [0.29, 0.717) is 23.4 Å². The van der Waals surface area contributed by atoms with E-state index in [-0.39, 0.29) is 56.9 Å². The quantitative estimate of drug-likeness (QED) is 0.655. The number of aromatic nitrogens is 1. The van der Waals surface area contributed by atoms with Gasteiger partial charge in [0.2, 0.25) is 0 Å². The van der Waals surface area contributed by atoms with Crippen LogP contribution >= 0.6 is 0 Å². The van der Waals surface area contributed by atoms with E-state index < -0.39 is 5.97 Å². The molecule has 0 aliphatic heterocycles. The van der Waals surface area contributed by atoms with Crippen molar-refractivity contribution in [3.8, 4) is 5.75 Å². The summed E-state index contributed by atoms with van der Waals surface area (Å²) >= 11 is 0. The maximum absolute atomic E-state index is 11.1. The van der Waals surface area contributed by atoms with Crippen LogP contribution in [-0.2, 0) is 6.61 Å². The zero-order valence-electron chi connectivity index (χ0n) is 12.6. The first-order valence-corrected chi connectivity index (χ1v) is 6.65. The molecule has 0 aliphatic rings. The van der Waals surface area contributed by atoms with Crippen LogP contribution in [0.25, 0.3) is 10.9 Å². The minimum absolute atomic E-state index is 0. The summed E-state index contributed by atoms with van der Waals surface area (Å²) in [5.41, 5.74) is 2.61. The molecule has 0 saturated heterocycles. The van der Waals surface area contributed by atoms with E-state index >= 15 is 0 Å². The molecule has 0 atom stereocenters. The zero-order valence-corrected chi connectivity index (χ0v) is 15.7. The first-order chi connectivity index (χ1) is 10.1. The number of aryl methyl sites for hydroxylation is 1. The number of carboxylic acids is 1. The Hall–Kier alpha value is -1.11. The normalized spacial score (nSPS) is 10.2. The van der Waals surface area contributed by atoms with Crippen molar-refractivity contribution in [1.29, 1.82) is 0 Å². The predicted octanol–water partition coefficient (Wildman–Crippen LogP) is -0.577. The van der Waals surface area contributed by atoms with Crippen LogP contribution in [0.2, 0.25) is 0 Å². The van der Waals surface area contributed by atoms with Gasteiger partial charge in [0.05, 0.1) is 5.97 Å². The van der Waals surface area contributed by atoms with E-state index in [1.54, 1.807) is 25.1 Å². The summed E-state index contributed by atoms with van der Waals surface area (Å²) < 4.78 is 5.73. The number of aromatic amines is 1. The van der Waals surface area contributed by atoms with Gasteiger partial charge in [-0.05, 0) is 24.6 Å². The molecule has 22 heavy (non-hydrogen) atoms. The molecular formula is C17H14KNO3. The van der Waals surface area contributed by atoms with Crippen molar-refractivity contribution in [2.45, 2.75) is 13.5 Å². The fraction of sp³-hybridized carbons (Fsp3) is 0.118. The molecule has 0 spiro atoms. The number of carbonyl (C=O) groups excluding carboxylic acids is 1. The van der Waals surface area contributed by atoms with Crippen molar-refractivity contribution < 1.29 is 66.0 Å². The largest absolute Gasteiger partial charge is 1.00 e. The van der Waals surface area contributed by atoms with Crippen LogP contribution < -0.4 is 61.2 Å². The Morgan fingerprint density at radius 1 is 1.18 bits per heavy atom. The summed E-state index contributed by atoms with van der Waals surface area (Å²) in [6.07, 6.45) is 0. The van der Waals surface area contributed by atoms with Crippen LogP contribution in [0.15, 0.2) is 48.5 Å². The molecule has 3 rings (SSSR count). The minimum atomic E-state index is -1.17.